The van der Waals surface area contributed by atoms with E-state index in [1.807, 2.05) is 0 Å². The molecule has 0 aliphatic heterocycles. The van der Waals surface area contributed by atoms with Crippen LogP contribution in [0, 0.1) is 0 Å². The number of carbonyl (C=O) groups excluding carboxylic acids is 1. The number of hydrogen-bond acceptors (Lipinski definition) is 5. The number of hydrogen-bond donors (Lipinski definition) is 0. The monoisotopic (exact) mass is 250 g/mol. The summed E-state index contributed by atoms with van der Waals surface area (Å²) in [6.07, 6.45) is -5.49. The van der Waals surface area contributed by atoms with Crippen molar-refractivity contribution in [2.24, 2.45) is 0 Å². The summed E-state index contributed by atoms with van der Waals surface area (Å²) in [5, 5.41) is 0. The number of ether oxygens (including phenoxy) is 1. The van der Waals surface area contributed by atoms with Crippen LogP contribution in [-0.4, -0.2) is 39.1 Å². The summed E-state index contributed by atoms with van der Waals surface area (Å²) in [6, 6.07) is 0. The molecule has 1 atom stereocenters. The van der Waals surface area contributed by atoms with Crippen molar-refractivity contribution in [3.8, 4) is 0 Å². The molecule has 0 spiro atoms. The van der Waals surface area contributed by atoms with Crippen LogP contribution < -0.4 is 0 Å². The molecule has 5 nitrogen and oxygen atoms in total. The van der Waals surface area contributed by atoms with Gasteiger partial charge in [-0.3, -0.25) is 13.9 Å². The minimum Gasteiger partial charge on any atom is -0.469 e. The average molecular weight is 250 g/mol. The number of alkyl halides is 3. The van der Waals surface area contributed by atoms with Crippen molar-refractivity contribution in [2.75, 3.05) is 27.0 Å². The number of methoxy groups -OCH3 is 1. The fourth-order valence-corrected chi connectivity index (χ4v) is 1.67. The SMILES string of the molecule is COC(=O)C[P@](=O)(OC)OCC(F)(F)F. The molecule has 0 saturated heterocycles. The van der Waals surface area contributed by atoms with Crippen LogP contribution in [0.25, 0.3) is 0 Å². The third-order valence-electron chi connectivity index (χ3n) is 1.25. The van der Waals surface area contributed by atoms with Gasteiger partial charge in [-0.1, -0.05) is 0 Å². The predicted molar refractivity (Wildman–Crippen MR) is 43.5 cm³/mol. The summed E-state index contributed by atoms with van der Waals surface area (Å²) in [6.45, 7) is -1.74. The smallest absolute Gasteiger partial charge is 0.412 e. The zero-order valence-electron chi connectivity index (χ0n) is 8.04. The minimum absolute atomic E-state index is 0.851. The first kappa shape index (κ1) is 14.4. The number of carbonyl (C=O) groups is 1. The van der Waals surface area contributed by atoms with Gasteiger partial charge in [0.2, 0.25) is 0 Å². The van der Waals surface area contributed by atoms with Gasteiger partial charge in [0.1, 0.15) is 6.16 Å². The van der Waals surface area contributed by atoms with Crippen molar-refractivity contribution >= 4 is 13.6 Å². The van der Waals surface area contributed by atoms with Gasteiger partial charge in [0.25, 0.3) is 0 Å². The summed E-state index contributed by atoms with van der Waals surface area (Å²) in [5.41, 5.74) is 0. The maximum absolute atomic E-state index is 11.7. The molecule has 0 heterocycles. The van der Waals surface area contributed by atoms with Gasteiger partial charge in [-0.05, 0) is 0 Å². The Morgan fingerprint density at radius 2 is 1.87 bits per heavy atom. The first-order valence-electron chi connectivity index (χ1n) is 3.65. The van der Waals surface area contributed by atoms with E-state index in [9.17, 15) is 22.5 Å². The van der Waals surface area contributed by atoms with Crippen molar-refractivity contribution in [3.63, 3.8) is 0 Å². The fourth-order valence-electron chi connectivity index (χ4n) is 0.557. The van der Waals surface area contributed by atoms with Crippen LogP contribution in [0.4, 0.5) is 13.2 Å². The summed E-state index contributed by atoms with van der Waals surface area (Å²) in [4.78, 5) is 10.7. The Kier molecular flexibility index (Phi) is 5.27. The van der Waals surface area contributed by atoms with Crippen molar-refractivity contribution < 1.29 is 36.3 Å². The van der Waals surface area contributed by atoms with Gasteiger partial charge in [0.05, 0.1) is 7.11 Å². The van der Waals surface area contributed by atoms with Gasteiger partial charge >= 0.3 is 19.7 Å². The number of esters is 1. The van der Waals surface area contributed by atoms with E-state index in [4.69, 9.17) is 0 Å². The molecule has 0 aromatic rings. The van der Waals surface area contributed by atoms with Crippen molar-refractivity contribution in [1.29, 1.82) is 0 Å². The van der Waals surface area contributed by atoms with Crippen LogP contribution in [0.2, 0.25) is 0 Å². The molecular formula is C6H10F3O5P. The molecule has 90 valence electrons. The van der Waals surface area contributed by atoms with E-state index < -0.39 is 32.5 Å². The highest BCUT2D eigenvalue weighted by Crippen LogP contribution is 2.48. The summed E-state index contributed by atoms with van der Waals surface area (Å²) in [7, 11) is -2.17. The normalized spacial score (nSPS) is 15.8. The average Bonchev–Trinajstić information content (AvgIpc) is 2.14. The van der Waals surface area contributed by atoms with E-state index in [-0.39, 0.29) is 0 Å². The van der Waals surface area contributed by atoms with Gasteiger partial charge in [-0.2, -0.15) is 13.2 Å². The lowest BCUT2D eigenvalue weighted by Gasteiger charge is -2.16. The molecular weight excluding hydrogens is 240 g/mol. The lowest BCUT2D eigenvalue weighted by atomic mass is 10.7. The van der Waals surface area contributed by atoms with Gasteiger partial charge in [-0.25, -0.2) is 0 Å². The molecule has 0 saturated carbocycles. The third-order valence-corrected chi connectivity index (χ3v) is 2.98. The van der Waals surface area contributed by atoms with Crippen LogP contribution in [0.5, 0.6) is 0 Å². The Bertz CT molecular complexity index is 264. The second-order valence-corrected chi connectivity index (χ2v) is 4.58. The molecule has 0 fully saturated rings. The van der Waals surface area contributed by atoms with Gasteiger partial charge in [0, 0.05) is 7.11 Å². The summed E-state index contributed by atoms with van der Waals surface area (Å²) >= 11 is 0. The molecule has 9 heteroatoms. The van der Waals surface area contributed by atoms with Gasteiger partial charge < -0.3 is 9.26 Å². The highest BCUT2D eigenvalue weighted by molar-refractivity contribution is 7.54. The fraction of sp³-hybridized carbons (Fsp3) is 0.833. The number of halogens is 3. The lowest BCUT2D eigenvalue weighted by Crippen LogP contribution is -2.18. The van der Waals surface area contributed by atoms with E-state index in [0.717, 1.165) is 14.2 Å². The quantitative estimate of drug-likeness (QED) is 0.547. The van der Waals surface area contributed by atoms with Crippen LogP contribution >= 0.6 is 7.60 Å². The molecule has 0 bridgehead atoms. The molecule has 0 rings (SSSR count). The second-order valence-electron chi connectivity index (χ2n) is 2.42. The molecule has 0 amide bonds. The standard InChI is InChI=1S/C6H10F3O5P/c1-12-5(10)3-15(11,13-2)14-4-6(7,8)9/h3-4H2,1-2H3/t15-/m0/s1. The first-order chi connectivity index (χ1) is 6.72. The summed E-state index contributed by atoms with van der Waals surface area (Å²) in [5.74, 6) is -0.970. The third kappa shape index (κ3) is 6.48. The molecule has 0 N–H and O–H groups in total. The molecule has 0 aliphatic rings. The van der Waals surface area contributed by atoms with E-state index >= 15 is 0 Å². The predicted octanol–water partition coefficient (Wildman–Crippen LogP) is 1.58. The topological polar surface area (TPSA) is 61.8 Å². The van der Waals surface area contributed by atoms with Crippen LogP contribution in [0.1, 0.15) is 0 Å². The van der Waals surface area contributed by atoms with Crippen LogP contribution in [0.15, 0.2) is 0 Å². The van der Waals surface area contributed by atoms with E-state index in [1.54, 1.807) is 0 Å². The Morgan fingerprint density at radius 1 is 1.33 bits per heavy atom. The lowest BCUT2D eigenvalue weighted by molar-refractivity contribution is -0.155. The second kappa shape index (κ2) is 5.48. The molecule has 0 aromatic heterocycles. The van der Waals surface area contributed by atoms with E-state index in [1.165, 1.54) is 0 Å². The van der Waals surface area contributed by atoms with Gasteiger partial charge in [-0.15, -0.1) is 0 Å². The van der Waals surface area contributed by atoms with Gasteiger partial charge in [0.15, 0.2) is 6.61 Å². The Labute approximate surface area is 84.0 Å². The molecule has 0 unspecified atom stereocenters. The molecule has 0 aliphatic carbocycles. The highest BCUT2D eigenvalue weighted by Gasteiger charge is 2.35. The molecule has 15 heavy (non-hydrogen) atoms. The number of rotatable bonds is 5. The molecule has 0 radical (unpaired) electrons. The maximum Gasteiger partial charge on any atom is 0.412 e. The van der Waals surface area contributed by atoms with E-state index in [0.29, 0.717) is 0 Å². The zero-order valence-corrected chi connectivity index (χ0v) is 8.93. The Balaban J connectivity index is 4.32. The highest BCUT2D eigenvalue weighted by atomic mass is 31.2. The van der Waals surface area contributed by atoms with Crippen molar-refractivity contribution in [2.45, 2.75) is 6.18 Å². The first-order valence-corrected chi connectivity index (χ1v) is 5.38. The zero-order chi connectivity index (χ0) is 12.1. The van der Waals surface area contributed by atoms with Crippen molar-refractivity contribution in [3.05, 3.63) is 0 Å². The van der Waals surface area contributed by atoms with E-state index in [2.05, 4.69) is 13.8 Å². The van der Waals surface area contributed by atoms with Crippen LogP contribution in [0.3, 0.4) is 0 Å². The van der Waals surface area contributed by atoms with Crippen LogP contribution in [-0.2, 0) is 23.1 Å². The Morgan fingerprint density at radius 3 is 2.20 bits per heavy atom. The minimum atomic E-state index is -4.63. The maximum atomic E-state index is 11.7. The summed E-state index contributed by atoms with van der Waals surface area (Å²) < 4.78 is 58.9. The molecule has 0 aromatic carbocycles. The Hall–Kier alpha value is -0.590. The van der Waals surface area contributed by atoms with Crippen molar-refractivity contribution in [1.82, 2.24) is 0 Å². The largest absolute Gasteiger partial charge is 0.469 e.